The van der Waals surface area contributed by atoms with Crippen molar-refractivity contribution in [2.24, 2.45) is 5.73 Å². The van der Waals surface area contributed by atoms with Gasteiger partial charge >= 0.3 is 0 Å². The third-order valence-corrected chi connectivity index (χ3v) is 4.36. The van der Waals surface area contributed by atoms with Gasteiger partial charge in [0.2, 0.25) is 5.91 Å². The molecule has 1 aliphatic carbocycles. The summed E-state index contributed by atoms with van der Waals surface area (Å²) in [5, 5.41) is 2.03. The molecular weight excluding hydrogens is 291 g/mol. The molecule has 1 heterocycles. The number of amides is 1. The van der Waals surface area contributed by atoms with E-state index in [9.17, 15) is 9.18 Å². The Morgan fingerprint density at radius 3 is 2.70 bits per heavy atom. The van der Waals surface area contributed by atoms with Crippen LogP contribution in [0.3, 0.4) is 0 Å². The topological polar surface area (TPSA) is 56.0 Å². The van der Waals surface area contributed by atoms with Gasteiger partial charge in [0.15, 0.2) is 0 Å². The molecule has 1 fully saturated rings. The molecule has 1 saturated carbocycles. The molecule has 3 nitrogen and oxygen atoms in total. The second kappa shape index (κ2) is 5.16. The summed E-state index contributed by atoms with van der Waals surface area (Å²) in [6.45, 7) is 0. The van der Waals surface area contributed by atoms with Crippen molar-refractivity contribution < 1.29 is 9.18 Å². The van der Waals surface area contributed by atoms with Gasteiger partial charge in [0.25, 0.3) is 0 Å². The van der Waals surface area contributed by atoms with E-state index in [-0.39, 0.29) is 5.56 Å². The number of carbonyl (C=O) groups is 1. The fourth-order valence-electron chi connectivity index (χ4n) is 3.12. The maximum absolute atomic E-state index is 13.7. The van der Waals surface area contributed by atoms with Gasteiger partial charge in [0.1, 0.15) is 5.82 Å². The molecule has 1 amide bonds. The summed E-state index contributed by atoms with van der Waals surface area (Å²) in [5.74, 6) is -0.406. The monoisotopic (exact) mass is 306 g/mol. The Morgan fingerprint density at radius 1 is 1.13 bits per heavy atom. The largest absolute Gasteiger partial charge is 0.366 e. The Kier molecular flexibility index (Phi) is 3.11. The normalized spacial score (nSPS) is 14.1. The lowest BCUT2D eigenvalue weighted by molar-refractivity contribution is 0.100. The van der Waals surface area contributed by atoms with E-state index in [1.807, 2.05) is 18.2 Å². The van der Waals surface area contributed by atoms with Gasteiger partial charge in [0.05, 0.1) is 5.69 Å². The zero-order valence-corrected chi connectivity index (χ0v) is 12.4. The van der Waals surface area contributed by atoms with Crippen molar-refractivity contribution >= 4 is 16.7 Å². The zero-order chi connectivity index (χ0) is 16.0. The van der Waals surface area contributed by atoms with Crippen molar-refractivity contribution in [3.05, 3.63) is 65.6 Å². The van der Waals surface area contributed by atoms with Crippen LogP contribution in [0.5, 0.6) is 0 Å². The number of rotatable bonds is 3. The van der Waals surface area contributed by atoms with E-state index in [0.29, 0.717) is 17.2 Å². The van der Waals surface area contributed by atoms with E-state index in [0.717, 1.165) is 10.8 Å². The Bertz CT molecular complexity index is 932. The lowest BCUT2D eigenvalue weighted by Gasteiger charge is -2.12. The molecule has 0 spiro atoms. The molecule has 0 saturated heterocycles. The van der Waals surface area contributed by atoms with Gasteiger partial charge in [0, 0.05) is 22.7 Å². The van der Waals surface area contributed by atoms with Gasteiger partial charge in [-0.25, -0.2) is 4.39 Å². The predicted octanol–water partition coefficient (Wildman–Crippen LogP) is 4.02. The highest BCUT2D eigenvalue weighted by Gasteiger charge is 2.26. The van der Waals surface area contributed by atoms with Gasteiger partial charge < -0.3 is 5.73 Å². The maximum Gasteiger partial charge on any atom is 0.249 e. The first-order chi connectivity index (χ1) is 11.1. The number of pyridine rings is 1. The van der Waals surface area contributed by atoms with Crippen LogP contribution in [0.4, 0.5) is 4.39 Å². The van der Waals surface area contributed by atoms with Crippen LogP contribution in [0.15, 0.2) is 48.7 Å². The fraction of sp³-hybridized carbons (Fsp3) is 0.158. The van der Waals surface area contributed by atoms with Gasteiger partial charge in [-0.2, -0.15) is 0 Å². The third kappa shape index (κ3) is 2.36. The first kappa shape index (κ1) is 13.9. The molecule has 3 aromatic rings. The van der Waals surface area contributed by atoms with E-state index < -0.39 is 11.7 Å². The summed E-state index contributed by atoms with van der Waals surface area (Å²) in [5.41, 5.74) is 8.06. The number of nitrogens with zero attached hydrogens (tertiary/aromatic N) is 1. The number of primary amides is 1. The Labute approximate surface area is 133 Å². The second-order valence-electron chi connectivity index (χ2n) is 5.93. The van der Waals surface area contributed by atoms with Gasteiger partial charge in [-0.15, -0.1) is 0 Å². The molecule has 114 valence electrons. The van der Waals surface area contributed by atoms with Crippen LogP contribution in [0, 0.1) is 5.82 Å². The third-order valence-electron chi connectivity index (χ3n) is 4.36. The van der Waals surface area contributed by atoms with Crippen molar-refractivity contribution in [3.63, 3.8) is 0 Å². The van der Waals surface area contributed by atoms with E-state index in [1.165, 1.54) is 36.6 Å². The highest BCUT2D eigenvalue weighted by molar-refractivity contribution is 6.04. The minimum atomic E-state index is -0.586. The number of nitrogens with two attached hydrogens (primary N) is 1. The molecular formula is C19H15FN2O. The Balaban J connectivity index is 2.02. The Hall–Kier alpha value is -2.75. The van der Waals surface area contributed by atoms with Crippen molar-refractivity contribution in [2.75, 3.05) is 0 Å². The lowest BCUT2D eigenvalue weighted by atomic mass is 9.95. The first-order valence-corrected chi connectivity index (χ1v) is 7.62. The van der Waals surface area contributed by atoms with E-state index in [4.69, 9.17) is 5.73 Å². The van der Waals surface area contributed by atoms with Crippen LogP contribution in [0.2, 0.25) is 0 Å². The quantitative estimate of drug-likeness (QED) is 0.794. The molecule has 2 N–H and O–H groups in total. The average Bonchev–Trinajstić information content (AvgIpc) is 3.38. The number of hydrogen-bond donors (Lipinski definition) is 1. The molecule has 4 heteroatoms. The molecule has 1 aliphatic rings. The van der Waals surface area contributed by atoms with Crippen molar-refractivity contribution in [1.82, 2.24) is 4.98 Å². The second-order valence-corrected chi connectivity index (χ2v) is 5.93. The number of benzene rings is 2. The molecule has 23 heavy (non-hydrogen) atoms. The van der Waals surface area contributed by atoms with Crippen LogP contribution in [0.25, 0.3) is 22.0 Å². The van der Waals surface area contributed by atoms with Crippen LogP contribution >= 0.6 is 0 Å². The summed E-state index contributed by atoms with van der Waals surface area (Å²) in [6.07, 6.45) is 4.10. The molecule has 0 atom stereocenters. The van der Waals surface area contributed by atoms with Gasteiger partial charge in [-0.05, 0) is 54.0 Å². The molecule has 0 bridgehead atoms. The number of halogens is 1. The summed E-state index contributed by atoms with van der Waals surface area (Å²) in [6, 6.07) is 12.0. The molecule has 4 rings (SSSR count). The van der Waals surface area contributed by atoms with Crippen LogP contribution < -0.4 is 5.73 Å². The van der Waals surface area contributed by atoms with Crippen LogP contribution in [-0.4, -0.2) is 10.9 Å². The summed E-state index contributed by atoms with van der Waals surface area (Å²) >= 11 is 0. The summed E-state index contributed by atoms with van der Waals surface area (Å²) in [7, 11) is 0. The molecule has 1 aromatic heterocycles. The van der Waals surface area contributed by atoms with Crippen LogP contribution in [0.1, 0.15) is 34.7 Å². The number of aromatic nitrogens is 1. The van der Waals surface area contributed by atoms with E-state index in [2.05, 4.69) is 11.1 Å². The van der Waals surface area contributed by atoms with Gasteiger partial charge in [-0.3, -0.25) is 9.78 Å². The minimum Gasteiger partial charge on any atom is -0.366 e. The minimum absolute atomic E-state index is 0.281. The van der Waals surface area contributed by atoms with Crippen LogP contribution in [-0.2, 0) is 0 Å². The fourth-order valence-corrected chi connectivity index (χ4v) is 3.12. The number of fused-ring (bicyclic) bond motifs is 1. The Morgan fingerprint density at radius 2 is 1.96 bits per heavy atom. The van der Waals surface area contributed by atoms with Gasteiger partial charge in [-0.1, -0.05) is 18.2 Å². The number of carbonyl (C=O) groups excluding carboxylic acids is 1. The van der Waals surface area contributed by atoms with E-state index >= 15 is 0 Å². The van der Waals surface area contributed by atoms with Crippen molar-refractivity contribution in [1.29, 1.82) is 0 Å². The van der Waals surface area contributed by atoms with E-state index in [1.54, 1.807) is 6.20 Å². The molecule has 2 aromatic carbocycles. The average molecular weight is 306 g/mol. The van der Waals surface area contributed by atoms with Crippen molar-refractivity contribution in [3.8, 4) is 11.3 Å². The molecule has 0 radical (unpaired) electrons. The van der Waals surface area contributed by atoms with Crippen molar-refractivity contribution in [2.45, 2.75) is 18.8 Å². The summed E-state index contributed by atoms with van der Waals surface area (Å²) in [4.78, 5) is 16.1. The highest BCUT2D eigenvalue weighted by Crippen LogP contribution is 2.44. The number of hydrogen-bond acceptors (Lipinski definition) is 2. The SMILES string of the molecule is NC(=O)c1ccc(F)cc1-c1nccc2c(C3CC3)cccc12. The lowest BCUT2D eigenvalue weighted by Crippen LogP contribution is -2.13. The summed E-state index contributed by atoms with van der Waals surface area (Å²) < 4.78 is 13.7. The highest BCUT2D eigenvalue weighted by atomic mass is 19.1. The molecule has 0 unspecified atom stereocenters. The standard InChI is InChI=1S/C19H15FN2O/c20-12-6-7-16(19(21)23)17(10-12)18-15-3-1-2-13(11-4-5-11)14(15)8-9-22-18/h1-3,6-11H,4-5H2,(H2,21,23). The first-order valence-electron chi connectivity index (χ1n) is 7.62. The predicted molar refractivity (Wildman–Crippen MR) is 87.6 cm³/mol. The maximum atomic E-state index is 13.7. The molecule has 0 aliphatic heterocycles. The smallest absolute Gasteiger partial charge is 0.249 e. The zero-order valence-electron chi connectivity index (χ0n) is 12.4.